The minimum atomic E-state index is 0.608. The Morgan fingerprint density at radius 1 is 0.391 bits per heavy atom. The van der Waals surface area contributed by atoms with E-state index in [1.54, 1.807) is 0 Å². The lowest BCUT2D eigenvalue weighted by molar-refractivity contribution is 0.297. The van der Waals surface area contributed by atoms with Crippen LogP contribution in [0.1, 0.15) is 51.4 Å². The van der Waals surface area contributed by atoms with Gasteiger partial charge in [0.05, 0.1) is 60.0 Å². The van der Waals surface area contributed by atoms with Crippen LogP contribution in [-0.2, 0) is 0 Å². The number of pyridine rings is 2. The van der Waals surface area contributed by atoms with Crippen molar-refractivity contribution in [3.63, 3.8) is 0 Å². The molecule has 5 aromatic rings. The molecule has 4 heterocycles. The fourth-order valence-electron chi connectivity index (χ4n) is 6.06. The minimum Gasteiger partial charge on any atom is -0.493 e. The molecule has 0 unspecified atom stereocenters. The third-order valence-corrected chi connectivity index (χ3v) is 8.43. The van der Waals surface area contributed by atoms with Gasteiger partial charge in [0.25, 0.3) is 0 Å². The van der Waals surface area contributed by atoms with Gasteiger partial charge in [0, 0.05) is 10.8 Å². The first-order valence-electron chi connectivity index (χ1n) is 16.6. The lowest BCUT2D eigenvalue weighted by Gasteiger charge is -2.18. The molecule has 0 amide bonds. The van der Waals surface area contributed by atoms with Gasteiger partial charge in [-0.1, -0.05) is 60.7 Å². The normalized spacial score (nSPS) is 17.6. The SMILES string of the molecule is C1=C/CCCOc2cccc3c2-c2ccc4ccc5ccc(nc5c4n2)-c2c(cccc2OCCC/C=C/CCCO3)OCCC/1. The van der Waals surface area contributed by atoms with Crippen molar-refractivity contribution in [1.29, 1.82) is 0 Å². The number of ether oxygens (including phenoxy) is 4. The molecule has 0 fully saturated rings. The average Bonchev–Trinajstić information content (AvgIpc) is 3.08. The summed E-state index contributed by atoms with van der Waals surface area (Å²) in [5.74, 6) is 3.14. The van der Waals surface area contributed by atoms with Crippen molar-refractivity contribution in [2.75, 3.05) is 26.4 Å². The monoisotopic (exact) mass is 612 g/mol. The summed E-state index contributed by atoms with van der Waals surface area (Å²) >= 11 is 0. The number of nitrogens with zero attached hydrogens (tertiary/aromatic N) is 2. The van der Waals surface area contributed by atoms with Gasteiger partial charge in [-0.2, -0.15) is 0 Å². The fourth-order valence-corrected chi connectivity index (χ4v) is 6.06. The van der Waals surface area contributed by atoms with Gasteiger partial charge in [0.15, 0.2) is 0 Å². The summed E-state index contributed by atoms with van der Waals surface area (Å²) in [4.78, 5) is 10.5. The topological polar surface area (TPSA) is 62.7 Å². The molecule has 6 heteroatoms. The van der Waals surface area contributed by atoms with E-state index in [1.165, 1.54) is 0 Å². The third kappa shape index (κ3) is 6.71. The van der Waals surface area contributed by atoms with Crippen LogP contribution in [0.4, 0.5) is 0 Å². The molecule has 3 aromatic carbocycles. The molecule has 0 saturated heterocycles. The molecule has 0 atom stereocenters. The Hall–Kier alpha value is -4.84. The minimum absolute atomic E-state index is 0.608. The molecule has 0 saturated carbocycles. The van der Waals surface area contributed by atoms with E-state index in [0.29, 0.717) is 26.4 Å². The van der Waals surface area contributed by atoms with E-state index >= 15 is 0 Å². The molecule has 0 aliphatic carbocycles. The van der Waals surface area contributed by atoms with Crippen LogP contribution in [0.3, 0.4) is 0 Å². The average molecular weight is 613 g/mol. The molecular formula is C40H40N2O4. The molecule has 0 radical (unpaired) electrons. The van der Waals surface area contributed by atoms with Gasteiger partial charge in [-0.15, -0.1) is 0 Å². The third-order valence-electron chi connectivity index (χ3n) is 8.43. The predicted octanol–water partition coefficient (Wildman–Crippen LogP) is 9.89. The van der Waals surface area contributed by atoms with Crippen LogP contribution in [0, 0.1) is 0 Å². The zero-order chi connectivity index (χ0) is 31.0. The van der Waals surface area contributed by atoms with Gasteiger partial charge < -0.3 is 18.9 Å². The quantitative estimate of drug-likeness (QED) is 0.128. The maximum Gasteiger partial charge on any atom is 0.132 e. The highest BCUT2D eigenvalue weighted by atomic mass is 16.5. The van der Waals surface area contributed by atoms with E-state index in [4.69, 9.17) is 28.9 Å². The first-order valence-corrected chi connectivity index (χ1v) is 16.6. The summed E-state index contributed by atoms with van der Waals surface area (Å²) in [6.07, 6.45) is 16.5. The van der Waals surface area contributed by atoms with Crippen molar-refractivity contribution in [1.82, 2.24) is 9.97 Å². The van der Waals surface area contributed by atoms with Crippen LogP contribution in [0.25, 0.3) is 44.3 Å². The smallest absolute Gasteiger partial charge is 0.132 e. The summed E-state index contributed by atoms with van der Waals surface area (Å²) in [6, 6.07) is 24.7. The fraction of sp³-hybridized carbons (Fsp3) is 0.300. The van der Waals surface area contributed by atoms with Crippen LogP contribution in [0.2, 0.25) is 0 Å². The second kappa shape index (κ2) is 14.5. The Balaban J connectivity index is 1.44. The zero-order valence-corrected chi connectivity index (χ0v) is 26.3. The summed E-state index contributed by atoms with van der Waals surface area (Å²) in [5, 5.41) is 2.04. The van der Waals surface area contributed by atoms with Crippen LogP contribution in [-0.4, -0.2) is 36.4 Å². The van der Waals surface area contributed by atoms with Gasteiger partial charge in [-0.3, -0.25) is 0 Å². The maximum absolute atomic E-state index is 6.42. The predicted molar refractivity (Wildman–Crippen MR) is 185 cm³/mol. The number of aromatic nitrogens is 2. The van der Waals surface area contributed by atoms with E-state index in [0.717, 1.165) is 119 Å². The van der Waals surface area contributed by atoms with Gasteiger partial charge in [0.2, 0.25) is 0 Å². The second-order valence-electron chi connectivity index (χ2n) is 11.8. The molecule has 2 aliphatic rings. The number of benzene rings is 3. The summed E-state index contributed by atoms with van der Waals surface area (Å²) in [7, 11) is 0. The molecule has 2 aromatic heterocycles. The Kier molecular flexibility index (Phi) is 9.41. The van der Waals surface area contributed by atoms with Crippen LogP contribution in [0.5, 0.6) is 23.0 Å². The Morgan fingerprint density at radius 2 is 0.717 bits per heavy atom. The zero-order valence-electron chi connectivity index (χ0n) is 26.3. The van der Waals surface area contributed by atoms with Crippen LogP contribution in [0.15, 0.2) is 97.1 Å². The Labute approximate surface area is 270 Å². The number of hydrogen-bond acceptors (Lipinski definition) is 6. The second-order valence-corrected chi connectivity index (χ2v) is 11.8. The van der Waals surface area contributed by atoms with Gasteiger partial charge >= 0.3 is 0 Å². The van der Waals surface area contributed by atoms with Crippen molar-refractivity contribution in [3.8, 4) is 45.5 Å². The van der Waals surface area contributed by atoms with Crippen molar-refractivity contribution >= 4 is 21.8 Å². The highest BCUT2D eigenvalue weighted by molar-refractivity contribution is 6.04. The van der Waals surface area contributed by atoms with Crippen LogP contribution < -0.4 is 18.9 Å². The maximum atomic E-state index is 6.42. The van der Waals surface area contributed by atoms with Crippen molar-refractivity contribution in [2.45, 2.75) is 51.4 Å². The molecule has 0 spiro atoms. The standard InChI is InChI=1S/C40H40N2O4/c1-2-6-10-26-44-34-16-14-18-36-38(34)32-24-22-30-20-19-29-21-23-31(41-39(29)40(30)42-32)37-33(43-25-9-5-1)15-13-17-35(37)45-27-11-7-3-4-8-12-28-46-36/h1-4,13-24H,5-12,25-28H2/b2-1+,4-3+. The Bertz CT molecular complexity index is 1680. The summed E-state index contributed by atoms with van der Waals surface area (Å²) < 4.78 is 25.7. The first-order chi connectivity index (χ1) is 22.8. The largest absolute Gasteiger partial charge is 0.493 e. The summed E-state index contributed by atoms with van der Waals surface area (Å²) in [6.45, 7) is 2.43. The van der Waals surface area contributed by atoms with Crippen molar-refractivity contribution in [3.05, 3.63) is 97.1 Å². The van der Waals surface area contributed by atoms with E-state index in [-0.39, 0.29) is 0 Å². The molecule has 6 bridgehead atoms. The van der Waals surface area contributed by atoms with E-state index < -0.39 is 0 Å². The lowest BCUT2D eigenvalue weighted by Crippen LogP contribution is -2.04. The highest BCUT2D eigenvalue weighted by Gasteiger charge is 2.19. The molecule has 46 heavy (non-hydrogen) atoms. The van der Waals surface area contributed by atoms with E-state index in [1.807, 2.05) is 36.4 Å². The molecule has 7 rings (SSSR count). The van der Waals surface area contributed by atoms with Crippen LogP contribution >= 0.6 is 0 Å². The van der Waals surface area contributed by atoms with E-state index in [9.17, 15) is 0 Å². The number of hydrogen-bond donors (Lipinski definition) is 0. The van der Waals surface area contributed by atoms with Gasteiger partial charge in [-0.05, 0) is 87.8 Å². The molecule has 2 aliphatic heterocycles. The molecule has 0 N–H and O–H groups in total. The van der Waals surface area contributed by atoms with Crippen molar-refractivity contribution < 1.29 is 18.9 Å². The summed E-state index contributed by atoms with van der Waals surface area (Å²) in [5.41, 5.74) is 5.02. The lowest BCUT2D eigenvalue weighted by atomic mass is 10.0. The van der Waals surface area contributed by atoms with Gasteiger partial charge in [0.1, 0.15) is 23.0 Å². The highest BCUT2D eigenvalue weighted by Crippen LogP contribution is 2.41. The Morgan fingerprint density at radius 3 is 1.07 bits per heavy atom. The molecule has 6 nitrogen and oxygen atoms in total. The molecular weight excluding hydrogens is 572 g/mol. The van der Waals surface area contributed by atoms with Gasteiger partial charge in [-0.25, -0.2) is 9.97 Å². The number of rotatable bonds is 0. The van der Waals surface area contributed by atoms with Crippen molar-refractivity contribution in [2.24, 2.45) is 0 Å². The first kappa shape index (κ1) is 29.8. The molecule has 234 valence electrons. The number of allylic oxidation sites excluding steroid dienone is 4. The van der Waals surface area contributed by atoms with E-state index in [2.05, 4.69) is 60.7 Å².